The van der Waals surface area contributed by atoms with E-state index in [4.69, 9.17) is 10.5 Å². The predicted molar refractivity (Wildman–Crippen MR) is 124 cm³/mol. The summed E-state index contributed by atoms with van der Waals surface area (Å²) >= 11 is 1.12. The summed E-state index contributed by atoms with van der Waals surface area (Å²) in [7, 11) is -3.67. The Labute approximate surface area is 197 Å². The first-order valence-corrected chi connectivity index (χ1v) is 12.8. The number of nitrogens with zero attached hydrogens (tertiary/aromatic N) is 1. The topological polar surface area (TPSA) is 136 Å². The Hall–Kier alpha value is -2.76. The predicted octanol–water partition coefficient (Wildman–Crippen LogP) is 2.70. The smallest absolute Gasteiger partial charge is 0.338 e. The Bertz CT molecular complexity index is 1130. The number of carbonyl (C=O) groups is 3. The fourth-order valence-electron chi connectivity index (χ4n) is 3.81. The normalized spacial score (nSPS) is 20.1. The first-order valence-electron chi connectivity index (χ1n) is 10.5. The van der Waals surface area contributed by atoms with Gasteiger partial charge in [0.05, 0.1) is 16.0 Å². The molecule has 3 rings (SSSR count). The van der Waals surface area contributed by atoms with Crippen molar-refractivity contribution in [1.82, 2.24) is 4.31 Å². The molecular formula is C22H27N3O6S2. The van der Waals surface area contributed by atoms with E-state index in [0.29, 0.717) is 13.1 Å². The monoisotopic (exact) mass is 493 g/mol. The number of esters is 1. The zero-order valence-electron chi connectivity index (χ0n) is 18.6. The molecule has 1 aromatic heterocycles. The van der Waals surface area contributed by atoms with E-state index in [-0.39, 0.29) is 32.9 Å². The molecule has 0 aliphatic carbocycles. The summed E-state index contributed by atoms with van der Waals surface area (Å²) in [6, 6.07) is 6.94. The molecule has 3 atom stereocenters. The average Bonchev–Trinajstić information content (AvgIpc) is 3.21. The third-order valence-electron chi connectivity index (χ3n) is 5.38. The van der Waals surface area contributed by atoms with Crippen LogP contribution in [0.3, 0.4) is 0 Å². The molecule has 2 amide bonds. The van der Waals surface area contributed by atoms with Gasteiger partial charge in [0.1, 0.15) is 5.00 Å². The van der Waals surface area contributed by atoms with Gasteiger partial charge in [-0.25, -0.2) is 13.2 Å². The Balaban J connectivity index is 1.64. The maximum absolute atomic E-state index is 13.0. The second-order valence-corrected chi connectivity index (χ2v) is 11.2. The van der Waals surface area contributed by atoms with Crippen LogP contribution < -0.4 is 11.1 Å². The van der Waals surface area contributed by atoms with Gasteiger partial charge in [-0.3, -0.25) is 9.59 Å². The molecule has 2 heterocycles. The minimum atomic E-state index is -3.67. The molecule has 0 unspecified atom stereocenters. The fraction of sp³-hybridized carbons (Fsp3) is 0.409. The van der Waals surface area contributed by atoms with E-state index in [1.165, 1.54) is 41.6 Å². The van der Waals surface area contributed by atoms with Crippen LogP contribution in [0.5, 0.6) is 0 Å². The number of piperidine rings is 1. The highest BCUT2D eigenvalue weighted by molar-refractivity contribution is 7.89. The van der Waals surface area contributed by atoms with Gasteiger partial charge in [0.2, 0.25) is 10.0 Å². The second kappa shape index (κ2) is 10.0. The molecule has 1 fully saturated rings. The molecule has 1 saturated heterocycles. The fourth-order valence-corrected chi connectivity index (χ4v) is 6.28. The number of benzene rings is 1. The maximum Gasteiger partial charge on any atom is 0.338 e. The summed E-state index contributed by atoms with van der Waals surface area (Å²) in [5.74, 6) is -1.53. The molecule has 0 spiro atoms. The standard InChI is InChI=1S/C22H27N3O6S2/c1-13-10-14(2)12-25(11-13)33(29,30)17-6-4-16(5-7-17)22(28)31-15(3)20(27)24-21-18(19(23)26)8-9-32-21/h4-9,13-15H,10-12H2,1-3H3,(H2,23,26)(H,24,27)/t13-,14-,15-/m1/s1. The minimum absolute atomic E-state index is 0.0998. The van der Waals surface area contributed by atoms with Crippen LogP contribution in [0, 0.1) is 11.8 Å². The molecule has 3 N–H and O–H groups in total. The molecule has 1 aliphatic heterocycles. The Kier molecular flexibility index (Phi) is 7.55. The van der Waals surface area contributed by atoms with Crippen molar-refractivity contribution in [2.75, 3.05) is 18.4 Å². The Morgan fingerprint density at radius 1 is 1.12 bits per heavy atom. The van der Waals surface area contributed by atoms with Crippen LogP contribution in [0.1, 0.15) is 47.9 Å². The van der Waals surface area contributed by atoms with Gasteiger partial charge >= 0.3 is 5.97 Å². The van der Waals surface area contributed by atoms with Crippen molar-refractivity contribution in [2.24, 2.45) is 17.6 Å². The number of thiophene rings is 1. The second-order valence-electron chi connectivity index (χ2n) is 8.36. The van der Waals surface area contributed by atoms with Crippen molar-refractivity contribution < 1.29 is 27.5 Å². The van der Waals surface area contributed by atoms with Crippen LogP contribution in [0.4, 0.5) is 5.00 Å². The van der Waals surface area contributed by atoms with E-state index in [0.717, 1.165) is 17.8 Å². The summed E-state index contributed by atoms with van der Waals surface area (Å²) in [5, 5.41) is 4.39. The van der Waals surface area contributed by atoms with Gasteiger partial charge in [-0.05, 0) is 60.9 Å². The van der Waals surface area contributed by atoms with E-state index in [9.17, 15) is 22.8 Å². The van der Waals surface area contributed by atoms with Gasteiger partial charge in [0.15, 0.2) is 6.10 Å². The number of anilines is 1. The van der Waals surface area contributed by atoms with Crippen molar-refractivity contribution in [2.45, 2.75) is 38.2 Å². The number of primary amides is 1. The number of ether oxygens (including phenoxy) is 1. The summed E-state index contributed by atoms with van der Waals surface area (Å²) in [6.07, 6.45) is -0.168. The van der Waals surface area contributed by atoms with Crippen LogP contribution in [-0.2, 0) is 19.6 Å². The van der Waals surface area contributed by atoms with Crippen molar-refractivity contribution in [3.8, 4) is 0 Å². The quantitative estimate of drug-likeness (QED) is 0.569. The average molecular weight is 494 g/mol. The SMILES string of the molecule is C[C@@H]1C[C@@H](C)CN(S(=O)(=O)c2ccc(C(=O)O[C@H](C)C(=O)Nc3sccc3C(N)=O)cc2)C1. The van der Waals surface area contributed by atoms with Crippen LogP contribution in [0.2, 0.25) is 0 Å². The van der Waals surface area contributed by atoms with Crippen molar-refractivity contribution in [3.63, 3.8) is 0 Å². The third kappa shape index (κ3) is 5.79. The van der Waals surface area contributed by atoms with Gasteiger partial charge in [-0.1, -0.05) is 13.8 Å². The number of amides is 2. The highest BCUT2D eigenvalue weighted by atomic mass is 32.2. The van der Waals surface area contributed by atoms with E-state index < -0.39 is 33.9 Å². The minimum Gasteiger partial charge on any atom is -0.449 e. The summed E-state index contributed by atoms with van der Waals surface area (Å²) in [4.78, 5) is 36.3. The lowest BCUT2D eigenvalue weighted by atomic mass is 9.94. The van der Waals surface area contributed by atoms with E-state index >= 15 is 0 Å². The first kappa shape index (κ1) is 24.9. The molecule has 1 aromatic carbocycles. The number of carbonyl (C=O) groups excluding carboxylic acids is 3. The molecule has 33 heavy (non-hydrogen) atoms. The number of nitrogens with two attached hydrogens (primary N) is 1. The zero-order chi connectivity index (χ0) is 24.3. The van der Waals surface area contributed by atoms with Gasteiger partial charge in [-0.15, -0.1) is 11.3 Å². The van der Waals surface area contributed by atoms with Crippen molar-refractivity contribution >= 4 is 44.1 Å². The molecule has 11 heteroatoms. The van der Waals surface area contributed by atoms with Crippen LogP contribution in [0.15, 0.2) is 40.6 Å². The van der Waals surface area contributed by atoms with Gasteiger partial charge in [0, 0.05) is 13.1 Å². The third-order valence-corrected chi connectivity index (χ3v) is 8.06. The first-order chi connectivity index (χ1) is 15.5. The molecule has 2 aromatic rings. The summed E-state index contributed by atoms with van der Waals surface area (Å²) < 4.78 is 32.6. The molecular weight excluding hydrogens is 466 g/mol. The summed E-state index contributed by atoms with van der Waals surface area (Å²) in [6.45, 7) is 6.38. The molecule has 0 saturated carbocycles. The zero-order valence-corrected chi connectivity index (χ0v) is 20.2. The number of hydrogen-bond acceptors (Lipinski definition) is 7. The maximum atomic E-state index is 13.0. The van der Waals surface area contributed by atoms with Crippen molar-refractivity contribution in [1.29, 1.82) is 0 Å². The van der Waals surface area contributed by atoms with Gasteiger partial charge < -0.3 is 15.8 Å². The number of nitrogens with one attached hydrogen (secondary N) is 1. The van der Waals surface area contributed by atoms with E-state index in [1.54, 1.807) is 5.38 Å². The number of rotatable bonds is 7. The van der Waals surface area contributed by atoms with Gasteiger partial charge in [-0.2, -0.15) is 4.31 Å². The highest BCUT2D eigenvalue weighted by Gasteiger charge is 2.32. The van der Waals surface area contributed by atoms with Crippen molar-refractivity contribution in [3.05, 3.63) is 46.8 Å². The lowest BCUT2D eigenvalue weighted by Gasteiger charge is -2.34. The van der Waals surface area contributed by atoms with E-state index in [2.05, 4.69) is 5.32 Å². The largest absolute Gasteiger partial charge is 0.449 e. The van der Waals surface area contributed by atoms with Crippen LogP contribution >= 0.6 is 11.3 Å². The highest BCUT2D eigenvalue weighted by Crippen LogP contribution is 2.27. The molecule has 178 valence electrons. The number of hydrogen-bond donors (Lipinski definition) is 2. The molecule has 9 nitrogen and oxygen atoms in total. The van der Waals surface area contributed by atoms with Crippen LogP contribution in [-0.4, -0.2) is 49.7 Å². The Morgan fingerprint density at radius 2 is 1.73 bits per heavy atom. The number of sulfonamides is 1. The molecule has 0 radical (unpaired) electrons. The molecule has 1 aliphatic rings. The molecule has 0 bridgehead atoms. The Morgan fingerprint density at radius 3 is 2.30 bits per heavy atom. The van der Waals surface area contributed by atoms with Gasteiger partial charge in [0.25, 0.3) is 11.8 Å². The van der Waals surface area contributed by atoms with E-state index in [1.807, 2.05) is 13.8 Å². The summed E-state index contributed by atoms with van der Waals surface area (Å²) in [5.41, 5.74) is 5.54. The lowest BCUT2D eigenvalue weighted by Crippen LogP contribution is -2.42. The van der Waals surface area contributed by atoms with Crippen LogP contribution in [0.25, 0.3) is 0 Å². The lowest BCUT2D eigenvalue weighted by molar-refractivity contribution is -0.123.